The van der Waals surface area contributed by atoms with E-state index < -0.39 is 46.5 Å². The summed E-state index contributed by atoms with van der Waals surface area (Å²) in [4.78, 5) is 0. The van der Waals surface area contributed by atoms with E-state index in [4.69, 9.17) is 11.5 Å². The van der Waals surface area contributed by atoms with Crippen LogP contribution in [0.4, 0.5) is 17.6 Å². The molecule has 2 atom stereocenters. The fourth-order valence-corrected chi connectivity index (χ4v) is 2.02. The van der Waals surface area contributed by atoms with Crippen LogP contribution in [0.3, 0.4) is 0 Å². The van der Waals surface area contributed by atoms with E-state index in [0.29, 0.717) is 0 Å². The first kappa shape index (κ1) is 14.5. The van der Waals surface area contributed by atoms with E-state index in [-0.39, 0.29) is 0 Å². The molecule has 0 unspecified atom stereocenters. The lowest BCUT2D eigenvalue weighted by molar-refractivity contribution is 0.453. The minimum Gasteiger partial charge on any atom is -0.322 e. The zero-order valence-corrected chi connectivity index (χ0v) is 10.3. The summed E-state index contributed by atoms with van der Waals surface area (Å²) in [7, 11) is 0. The average Bonchev–Trinajstić information content (AvgIpc) is 2.37. The van der Waals surface area contributed by atoms with E-state index in [1.807, 2.05) is 0 Å². The Bertz CT molecular complexity index is 535. The molecule has 4 N–H and O–H groups in total. The van der Waals surface area contributed by atoms with Crippen LogP contribution >= 0.6 is 0 Å². The predicted octanol–water partition coefficient (Wildman–Crippen LogP) is 2.94. The highest BCUT2D eigenvalue weighted by Gasteiger charge is 2.27. The molecular formula is C14H12F4N2. The normalized spacial score (nSPS) is 14.1. The van der Waals surface area contributed by atoms with E-state index in [1.165, 1.54) is 0 Å². The zero-order valence-electron chi connectivity index (χ0n) is 10.3. The molecule has 0 spiro atoms. The van der Waals surface area contributed by atoms with Crippen molar-refractivity contribution in [3.63, 3.8) is 0 Å². The van der Waals surface area contributed by atoms with E-state index in [1.54, 1.807) is 0 Å². The van der Waals surface area contributed by atoms with Gasteiger partial charge in [-0.2, -0.15) is 0 Å². The maximum Gasteiger partial charge on any atom is 0.130 e. The Morgan fingerprint density at radius 3 is 1.10 bits per heavy atom. The SMILES string of the molecule is N[C@@H](c1c(F)cccc1F)[C@@H](N)c1c(F)cccc1F. The van der Waals surface area contributed by atoms with Crippen molar-refractivity contribution < 1.29 is 17.6 Å². The third-order valence-corrected chi connectivity index (χ3v) is 3.05. The van der Waals surface area contributed by atoms with Crippen LogP contribution in [0.5, 0.6) is 0 Å². The van der Waals surface area contributed by atoms with Crippen LogP contribution in [-0.4, -0.2) is 0 Å². The second-order valence-electron chi connectivity index (χ2n) is 4.32. The standard InChI is InChI=1S/C14H12F4N2/c15-7-3-1-4-8(16)11(7)13(19)14(20)12-9(17)5-2-6-10(12)18/h1-6,13-14H,19-20H2/t13-,14-/m0/s1. The molecule has 0 aliphatic heterocycles. The fourth-order valence-electron chi connectivity index (χ4n) is 2.02. The molecule has 0 amide bonds. The largest absolute Gasteiger partial charge is 0.322 e. The van der Waals surface area contributed by atoms with Gasteiger partial charge in [-0.15, -0.1) is 0 Å². The van der Waals surface area contributed by atoms with Crippen molar-refractivity contribution in [2.24, 2.45) is 11.5 Å². The maximum absolute atomic E-state index is 13.6. The number of nitrogens with two attached hydrogens (primary N) is 2. The summed E-state index contributed by atoms with van der Waals surface area (Å²) in [6, 6.07) is 3.51. The van der Waals surface area contributed by atoms with Crippen LogP contribution in [0.1, 0.15) is 23.2 Å². The molecule has 0 bridgehead atoms. The maximum atomic E-state index is 13.6. The molecule has 106 valence electrons. The minimum absolute atomic E-state index is 0.498. The molecule has 0 saturated carbocycles. The van der Waals surface area contributed by atoms with Gasteiger partial charge in [0.25, 0.3) is 0 Å². The van der Waals surface area contributed by atoms with Crippen LogP contribution in [0, 0.1) is 23.3 Å². The first-order chi connectivity index (χ1) is 9.43. The van der Waals surface area contributed by atoms with Gasteiger partial charge in [-0.25, -0.2) is 17.6 Å². The highest BCUT2D eigenvalue weighted by Crippen LogP contribution is 2.31. The Morgan fingerprint density at radius 2 is 0.850 bits per heavy atom. The van der Waals surface area contributed by atoms with Gasteiger partial charge in [0.2, 0.25) is 0 Å². The third-order valence-electron chi connectivity index (χ3n) is 3.05. The van der Waals surface area contributed by atoms with Crippen LogP contribution in [0.25, 0.3) is 0 Å². The van der Waals surface area contributed by atoms with Crippen molar-refractivity contribution in [3.8, 4) is 0 Å². The van der Waals surface area contributed by atoms with Crippen molar-refractivity contribution in [3.05, 3.63) is 70.8 Å². The van der Waals surface area contributed by atoms with Gasteiger partial charge in [0, 0.05) is 11.1 Å². The van der Waals surface area contributed by atoms with E-state index in [9.17, 15) is 17.6 Å². The molecule has 2 aromatic carbocycles. The monoisotopic (exact) mass is 284 g/mol. The summed E-state index contributed by atoms with van der Waals surface area (Å²) in [6.07, 6.45) is 0. The lowest BCUT2D eigenvalue weighted by atomic mass is 9.93. The summed E-state index contributed by atoms with van der Waals surface area (Å²) >= 11 is 0. The van der Waals surface area contributed by atoms with Gasteiger partial charge < -0.3 is 11.5 Å². The Labute approximate surface area is 113 Å². The summed E-state index contributed by atoms with van der Waals surface area (Å²) in [5, 5.41) is 0. The summed E-state index contributed by atoms with van der Waals surface area (Å²) < 4.78 is 54.5. The Kier molecular flexibility index (Phi) is 4.06. The molecule has 0 radical (unpaired) electrons. The van der Waals surface area contributed by atoms with Gasteiger partial charge >= 0.3 is 0 Å². The quantitative estimate of drug-likeness (QED) is 0.851. The molecule has 0 aromatic heterocycles. The van der Waals surface area contributed by atoms with E-state index in [2.05, 4.69) is 0 Å². The summed E-state index contributed by atoms with van der Waals surface area (Å²) in [5.74, 6) is -3.65. The van der Waals surface area contributed by atoms with Crippen molar-refractivity contribution in [2.75, 3.05) is 0 Å². The first-order valence-electron chi connectivity index (χ1n) is 5.82. The molecule has 0 fully saturated rings. The molecule has 0 aliphatic rings. The van der Waals surface area contributed by atoms with E-state index in [0.717, 1.165) is 36.4 Å². The van der Waals surface area contributed by atoms with Crippen LogP contribution in [-0.2, 0) is 0 Å². The van der Waals surface area contributed by atoms with Gasteiger partial charge in [-0.1, -0.05) is 12.1 Å². The molecule has 20 heavy (non-hydrogen) atoms. The Morgan fingerprint density at radius 1 is 0.600 bits per heavy atom. The summed E-state index contributed by atoms with van der Waals surface area (Å²) in [5.41, 5.74) is 10.3. The highest BCUT2D eigenvalue weighted by atomic mass is 19.1. The number of hydrogen-bond donors (Lipinski definition) is 2. The highest BCUT2D eigenvalue weighted by molar-refractivity contribution is 5.30. The molecule has 6 heteroatoms. The molecule has 2 rings (SSSR count). The van der Waals surface area contributed by atoms with Crippen molar-refractivity contribution in [1.82, 2.24) is 0 Å². The average molecular weight is 284 g/mol. The molecule has 0 saturated heterocycles. The lowest BCUT2D eigenvalue weighted by Gasteiger charge is -2.22. The minimum atomic E-state index is -1.41. The number of hydrogen-bond acceptors (Lipinski definition) is 2. The van der Waals surface area contributed by atoms with E-state index >= 15 is 0 Å². The molecule has 2 nitrogen and oxygen atoms in total. The molecule has 0 heterocycles. The Balaban J connectivity index is 2.46. The third kappa shape index (κ3) is 2.52. The van der Waals surface area contributed by atoms with Gasteiger partial charge in [-0.05, 0) is 24.3 Å². The molecule has 0 aliphatic carbocycles. The summed E-state index contributed by atoms with van der Waals surface area (Å²) in [6.45, 7) is 0. The molecule has 2 aromatic rings. The predicted molar refractivity (Wildman–Crippen MR) is 66.6 cm³/mol. The smallest absolute Gasteiger partial charge is 0.130 e. The van der Waals surface area contributed by atoms with Gasteiger partial charge in [0.15, 0.2) is 0 Å². The van der Waals surface area contributed by atoms with Crippen molar-refractivity contribution in [1.29, 1.82) is 0 Å². The fraction of sp³-hybridized carbons (Fsp3) is 0.143. The van der Waals surface area contributed by atoms with Crippen LogP contribution < -0.4 is 11.5 Å². The zero-order chi connectivity index (χ0) is 14.9. The number of benzene rings is 2. The van der Waals surface area contributed by atoms with Gasteiger partial charge in [-0.3, -0.25) is 0 Å². The second-order valence-corrected chi connectivity index (χ2v) is 4.32. The first-order valence-corrected chi connectivity index (χ1v) is 5.82. The van der Waals surface area contributed by atoms with Crippen molar-refractivity contribution >= 4 is 0 Å². The molecular weight excluding hydrogens is 272 g/mol. The Hall–Kier alpha value is -1.92. The number of rotatable bonds is 3. The lowest BCUT2D eigenvalue weighted by Crippen LogP contribution is -2.29. The van der Waals surface area contributed by atoms with Gasteiger partial charge in [0.1, 0.15) is 23.3 Å². The number of halogens is 4. The second kappa shape index (κ2) is 5.60. The van der Waals surface area contributed by atoms with Crippen LogP contribution in [0.2, 0.25) is 0 Å². The van der Waals surface area contributed by atoms with Crippen LogP contribution in [0.15, 0.2) is 36.4 Å². The van der Waals surface area contributed by atoms with Gasteiger partial charge in [0.05, 0.1) is 12.1 Å². The van der Waals surface area contributed by atoms with Crippen molar-refractivity contribution in [2.45, 2.75) is 12.1 Å². The topological polar surface area (TPSA) is 52.0 Å².